The number of benzene rings is 10. The van der Waals surface area contributed by atoms with Crippen LogP contribution in [0.25, 0.3) is 113 Å². The molecule has 6 aromatic heterocycles. The molecule has 16 rings (SSSR count). The summed E-state index contributed by atoms with van der Waals surface area (Å²) in [6, 6.07) is 76.3. The van der Waals surface area contributed by atoms with Gasteiger partial charge in [0.1, 0.15) is 29.0 Å². The number of aryl methyl sites for hydroxylation is 2. The second-order valence-corrected chi connectivity index (χ2v) is 30.9. The zero-order valence-electron chi connectivity index (χ0n) is 78.3. The molecule has 8 atom stereocenters. The van der Waals surface area contributed by atoms with Crippen molar-refractivity contribution in [1.29, 1.82) is 0 Å². The van der Waals surface area contributed by atoms with Crippen LogP contribution in [0.1, 0.15) is 103 Å². The maximum absolute atomic E-state index is 13.4. The molecule has 34 heteroatoms. The van der Waals surface area contributed by atoms with E-state index < -0.39 is 29.2 Å². The van der Waals surface area contributed by atoms with E-state index in [-0.39, 0.29) is 201 Å². The van der Waals surface area contributed by atoms with Crippen LogP contribution in [0.3, 0.4) is 0 Å². The van der Waals surface area contributed by atoms with Crippen LogP contribution in [-0.2, 0) is 101 Å². The Bertz CT molecular complexity index is 5500. The molecule has 0 saturated carbocycles. The number of aliphatic hydroxyl groups is 8. The van der Waals surface area contributed by atoms with Gasteiger partial charge in [0.15, 0.2) is 0 Å². The van der Waals surface area contributed by atoms with Crippen LogP contribution in [0.2, 0.25) is 0 Å². The summed E-state index contributed by atoms with van der Waals surface area (Å²) in [5.74, 6) is -5.63. The van der Waals surface area contributed by atoms with Crippen molar-refractivity contribution in [3.8, 4) is 113 Å². The summed E-state index contributed by atoms with van der Waals surface area (Å²) in [7, 11) is 0. The number of nitrogens with zero attached hydrogens (tertiary/aromatic N) is 11. The topological polar surface area (TPSA) is 341 Å². The minimum Gasteiger partial charge on any atom is -0.477 e. The summed E-state index contributed by atoms with van der Waals surface area (Å²) in [6.07, 6.45) is 16.1. The summed E-state index contributed by atoms with van der Waals surface area (Å²) in [5.41, 5.74) is 15.5. The number of aromatic carboxylic acids is 1. The number of hydrogen-bond donors (Lipinski definition) is 9. The first-order valence-electron chi connectivity index (χ1n) is 42.9. The van der Waals surface area contributed by atoms with Crippen molar-refractivity contribution in [3.05, 3.63) is 392 Å². The van der Waals surface area contributed by atoms with Gasteiger partial charge >= 0.3 is 5.97 Å². The minimum absolute atomic E-state index is 0. The Balaban J connectivity index is 0.000000547. The van der Waals surface area contributed by atoms with E-state index >= 15 is 0 Å². The first kappa shape index (κ1) is 127. The van der Waals surface area contributed by atoms with Gasteiger partial charge in [0.2, 0.25) is 0 Å². The van der Waals surface area contributed by atoms with Gasteiger partial charge < -0.3 is 70.9 Å². The standard InChI is InChI=1S/C18H15N2.C16H7F4N2.2C16H9F2N2.C16H11N2.C6H5NO2.4C5H12O2.5Ir/c1-13-3-7-15(8-4-13)17-18(20-12-11-19-17)16-9-5-14(2)6-10-16;17-11-3-9(4-12(18)7-11)15-16(22-2-1-21-15)10-5-13(19)8-14(20)6-10;2*17-13-5-1-11(2-6-13)15-16(20-10-9-19-15)12-3-7-14(18)8-4-12;1-3-7-13(8-4-1)15-16(18-12-11-17-15)14-9-5-2-6-10-14;8-6(9)5-3-1-2-4-7-5;4*1-4(6)3-5(2)7;;;;;/h3-9,11-12H,1-2H3;1-5,7-8H;2*1-3,5-10H;1-9,11-12H;1-4H,(H,8,9);4*4-7H,3H2,1-2H3;;;;;/q5*-1;;;;;;;;;;. The van der Waals surface area contributed by atoms with Crippen molar-refractivity contribution < 1.29 is 186 Å². The van der Waals surface area contributed by atoms with Gasteiger partial charge in [-0.1, -0.05) is 103 Å². The molecule has 0 spiro atoms. The van der Waals surface area contributed by atoms with E-state index in [9.17, 15) is 39.9 Å². The van der Waals surface area contributed by atoms with Gasteiger partial charge in [-0.2, -0.15) is 0 Å². The Hall–Kier alpha value is -11.4. The number of pyridine rings is 1. The molecule has 10 aromatic carbocycles. The fourth-order valence-electron chi connectivity index (χ4n) is 12.3. The molecular weight excluding hydrogens is 2720 g/mol. The molecule has 142 heavy (non-hydrogen) atoms. The second-order valence-electron chi connectivity index (χ2n) is 30.9. The first-order chi connectivity index (χ1) is 65.5. The summed E-state index contributed by atoms with van der Waals surface area (Å²) in [6.45, 7) is 17.4. The predicted molar refractivity (Wildman–Crippen MR) is 511 cm³/mol. The van der Waals surface area contributed by atoms with Crippen LogP contribution in [0.15, 0.2) is 299 Å². The van der Waals surface area contributed by atoms with Gasteiger partial charge in [-0.15, -0.1) is 149 Å². The molecular formula is C108H104F8Ir5N11O10-5. The molecule has 21 nitrogen and oxygen atoms in total. The third-order valence-corrected chi connectivity index (χ3v) is 18.2. The maximum Gasteiger partial charge on any atom is 0.354 e. The smallest absolute Gasteiger partial charge is 0.354 e. The Morgan fingerprint density at radius 3 is 0.838 bits per heavy atom. The van der Waals surface area contributed by atoms with Crippen LogP contribution in [0, 0.1) is 90.7 Å². The van der Waals surface area contributed by atoms with Crippen LogP contribution in [0.4, 0.5) is 35.1 Å². The maximum atomic E-state index is 13.4. The Morgan fingerprint density at radius 1 is 0.261 bits per heavy atom. The van der Waals surface area contributed by atoms with Gasteiger partial charge in [-0.3, -0.25) is 33.7 Å². The van der Waals surface area contributed by atoms with E-state index in [4.69, 9.17) is 46.0 Å². The molecule has 0 amide bonds. The fraction of sp³-hybridized carbons (Fsp3) is 0.204. The molecule has 0 bridgehead atoms. The number of carboxylic acids is 1. The average Bonchev–Trinajstić information content (AvgIpc) is 0.823. The van der Waals surface area contributed by atoms with Crippen molar-refractivity contribution in [2.45, 2.75) is 144 Å². The van der Waals surface area contributed by atoms with E-state index in [0.29, 0.717) is 71.7 Å². The number of rotatable bonds is 19. The van der Waals surface area contributed by atoms with Crippen molar-refractivity contribution in [2.24, 2.45) is 0 Å². The Labute approximate surface area is 888 Å². The molecule has 757 valence electrons. The van der Waals surface area contributed by atoms with E-state index in [1.54, 1.807) is 153 Å². The van der Waals surface area contributed by atoms with Crippen LogP contribution < -0.4 is 0 Å². The molecule has 5 radical (unpaired) electrons. The van der Waals surface area contributed by atoms with Gasteiger partial charge in [-0.25, -0.2) is 36.1 Å². The summed E-state index contributed by atoms with van der Waals surface area (Å²) < 4.78 is 105. The Kier molecular flexibility index (Phi) is 60.6. The van der Waals surface area contributed by atoms with Gasteiger partial charge in [0, 0.05) is 226 Å². The molecule has 8 unspecified atom stereocenters. The van der Waals surface area contributed by atoms with Crippen LogP contribution in [-0.4, -0.2) is 156 Å². The van der Waals surface area contributed by atoms with Crippen molar-refractivity contribution in [3.63, 3.8) is 0 Å². The summed E-state index contributed by atoms with van der Waals surface area (Å²) in [5, 5.41) is 76.8. The van der Waals surface area contributed by atoms with E-state index in [2.05, 4.69) is 129 Å². The average molecular weight is 2830 g/mol. The zero-order valence-corrected chi connectivity index (χ0v) is 90.3. The third-order valence-electron chi connectivity index (χ3n) is 18.2. The second kappa shape index (κ2) is 67.9. The van der Waals surface area contributed by atoms with Crippen LogP contribution in [0.5, 0.6) is 0 Å². The zero-order chi connectivity index (χ0) is 99.9. The number of aromatic nitrogens is 11. The van der Waals surface area contributed by atoms with Crippen molar-refractivity contribution in [2.75, 3.05) is 0 Å². The molecule has 9 N–H and O–H groups in total. The fourth-order valence-corrected chi connectivity index (χ4v) is 12.3. The molecule has 0 aliphatic heterocycles. The summed E-state index contributed by atoms with van der Waals surface area (Å²) >= 11 is 0. The van der Waals surface area contributed by atoms with Crippen molar-refractivity contribution >= 4 is 5.97 Å². The normalized spacial score (nSPS) is 11.7. The predicted octanol–water partition coefficient (Wildman–Crippen LogP) is 21.1. The number of halogens is 8. The molecule has 0 saturated heterocycles. The summed E-state index contributed by atoms with van der Waals surface area (Å²) in [4.78, 5) is 56.7. The van der Waals surface area contributed by atoms with Gasteiger partial charge in [-0.05, 0) is 164 Å². The van der Waals surface area contributed by atoms with E-state index in [1.165, 1.54) is 84.3 Å². The molecule has 16 aromatic rings. The van der Waals surface area contributed by atoms with Crippen molar-refractivity contribution in [1.82, 2.24) is 54.8 Å². The Morgan fingerprint density at radius 2 is 0.549 bits per heavy atom. The quantitative estimate of drug-likeness (QED) is 0.0268. The number of carboxylic acid groups (broad SMARTS) is 1. The largest absolute Gasteiger partial charge is 0.477 e. The molecule has 0 fully saturated rings. The van der Waals surface area contributed by atoms with Gasteiger partial charge in [0.25, 0.3) is 0 Å². The first-order valence-corrected chi connectivity index (χ1v) is 42.9. The number of hydrogen-bond acceptors (Lipinski definition) is 20. The van der Waals surface area contributed by atoms with E-state index in [0.717, 1.165) is 74.4 Å². The van der Waals surface area contributed by atoms with Crippen LogP contribution >= 0.6 is 0 Å². The molecule has 0 aliphatic carbocycles. The number of aliphatic hydroxyl groups excluding tert-OH is 8. The SMILES string of the molecule is CC(O)CC(C)O.CC(O)CC(C)O.CC(O)CC(C)O.CC(O)CC(C)O.Cc1c[c-]c(-c2nccnc2-c2ccc(C)cc2)cc1.Fc1[c-]c(-c2nccnc2-c2cc(F)cc(F)c2)cc(F)c1.Fc1c[c-]c(-c2nccnc2-c2ccc(F)cc2)cc1.Fc1c[c-]c(-c2nccnc2-c2ccc(F)cc2)cc1.O=C(O)c1ccccn1.[Ir].[Ir].[Ir].[Ir].[Ir].[c-]1ccccc1-c1nccnc1-c1ccccc1. The van der Waals surface area contributed by atoms with Gasteiger partial charge in [0.05, 0.1) is 77.3 Å². The number of carbonyl (C=O) groups is 1. The monoisotopic (exact) mass is 2830 g/mol. The minimum atomic E-state index is -0.990. The molecule has 0 aliphatic rings. The van der Waals surface area contributed by atoms with E-state index in [1.807, 2.05) is 66.7 Å². The third kappa shape index (κ3) is 46.8. The molecule has 6 heterocycles.